The smallest absolute Gasteiger partial charge is 0.323 e. The minimum Gasteiger partial charge on any atom is -0.491 e. The maximum atomic E-state index is 13.4. The predicted molar refractivity (Wildman–Crippen MR) is 130 cm³/mol. The molecule has 3 rings (SSSR count). The van der Waals surface area contributed by atoms with Crippen LogP contribution in [0.1, 0.15) is 35.7 Å². The number of carbonyl (C=O) groups is 2. The minimum atomic E-state index is -0.465. The quantitative estimate of drug-likeness (QED) is 0.703. The summed E-state index contributed by atoms with van der Waals surface area (Å²) in [6.07, 6.45) is -0.116. The average molecular weight is 474 g/mol. The number of carbonyl (C=O) groups excluding carboxylic acids is 2. The third-order valence-electron chi connectivity index (χ3n) is 6.29. The molecule has 2 aromatic rings. The van der Waals surface area contributed by atoms with Crippen molar-refractivity contribution in [2.75, 3.05) is 51.5 Å². The number of benzene rings is 1. The van der Waals surface area contributed by atoms with Crippen LogP contribution in [0.4, 0.5) is 16.2 Å². The van der Waals surface area contributed by atoms with Crippen LogP contribution in [0.2, 0.25) is 0 Å². The molecule has 10 nitrogen and oxygen atoms in total. The number of methoxy groups -OCH3 is 1. The first kappa shape index (κ1) is 25.5. The van der Waals surface area contributed by atoms with E-state index in [1.54, 1.807) is 51.1 Å². The normalized spacial score (nSPS) is 22.3. The molecule has 0 saturated heterocycles. The molecular weight excluding hydrogens is 438 g/mol. The highest BCUT2D eigenvalue weighted by Gasteiger charge is 2.27. The van der Waals surface area contributed by atoms with Crippen LogP contribution >= 0.6 is 0 Å². The molecule has 0 fully saturated rings. The van der Waals surface area contributed by atoms with Crippen molar-refractivity contribution in [3.63, 3.8) is 0 Å². The molecule has 34 heavy (non-hydrogen) atoms. The molecule has 0 spiro atoms. The maximum absolute atomic E-state index is 13.4. The first-order valence-corrected chi connectivity index (χ1v) is 11.4. The summed E-state index contributed by atoms with van der Waals surface area (Å²) in [5.74, 6) is 0.987. The van der Waals surface area contributed by atoms with Crippen LogP contribution in [0.25, 0.3) is 0 Å². The van der Waals surface area contributed by atoms with E-state index in [4.69, 9.17) is 14.0 Å². The molecule has 0 saturated carbocycles. The highest BCUT2D eigenvalue weighted by atomic mass is 16.5. The zero-order chi connectivity index (χ0) is 25.0. The van der Waals surface area contributed by atoms with Crippen LogP contribution in [0.5, 0.6) is 5.75 Å². The van der Waals surface area contributed by atoms with Gasteiger partial charge in [0.2, 0.25) is 0 Å². The molecule has 1 aliphatic heterocycles. The maximum Gasteiger partial charge on any atom is 0.323 e. The lowest BCUT2D eigenvalue weighted by Crippen LogP contribution is -2.45. The van der Waals surface area contributed by atoms with E-state index in [0.717, 1.165) is 6.54 Å². The Hall–Kier alpha value is -3.11. The Labute approximate surface area is 200 Å². The standard InChI is InChI=1S/C24H35N5O5/c1-14-11-28(5)15(2)13-33-20-9-8-18(10-19(20)23(30)29(6)12-21(14)32-7)25-24(31)26-22-16(3)27-34-17(22)4/h8-10,14-15,21H,11-13H2,1-7H3,(H2,25,26,31)/t14-,15+,21-/m1/s1. The van der Waals surface area contributed by atoms with Crippen molar-refractivity contribution in [3.8, 4) is 5.75 Å². The fourth-order valence-corrected chi connectivity index (χ4v) is 3.97. The van der Waals surface area contributed by atoms with Crippen molar-refractivity contribution < 1.29 is 23.6 Å². The largest absolute Gasteiger partial charge is 0.491 e. The number of aryl methyl sites for hydroxylation is 2. The fourth-order valence-electron chi connectivity index (χ4n) is 3.97. The summed E-state index contributed by atoms with van der Waals surface area (Å²) in [6, 6.07) is 4.72. The Morgan fingerprint density at radius 2 is 1.91 bits per heavy atom. The molecule has 3 atom stereocenters. The molecule has 2 heterocycles. The molecule has 0 unspecified atom stereocenters. The van der Waals surface area contributed by atoms with Gasteiger partial charge in [0.15, 0.2) is 5.76 Å². The average Bonchev–Trinajstić information content (AvgIpc) is 3.11. The molecule has 0 aliphatic carbocycles. The van der Waals surface area contributed by atoms with E-state index in [2.05, 4.69) is 41.6 Å². The van der Waals surface area contributed by atoms with Gasteiger partial charge in [-0.3, -0.25) is 9.69 Å². The van der Waals surface area contributed by atoms with Gasteiger partial charge in [0.05, 0.1) is 11.7 Å². The second-order valence-corrected chi connectivity index (χ2v) is 9.03. The Morgan fingerprint density at radius 1 is 1.18 bits per heavy atom. The number of amides is 3. The van der Waals surface area contributed by atoms with Gasteiger partial charge >= 0.3 is 6.03 Å². The molecule has 186 valence electrons. The van der Waals surface area contributed by atoms with E-state index in [1.807, 2.05) is 0 Å². The Balaban J connectivity index is 1.86. The van der Waals surface area contributed by atoms with Crippen LogP contribution < -0.4 is 15.4 Å². The topological polar surface area (TPSA) is 109 Å². The summed E-state index contributed by atoms with van der Waals surface area (Å²) in [6.45, 7) is 9.34. The van der Waals surface area contributed by atoms with E-state index in [9.17, 15) is 9.59 Å². The lowest BCUT2D eigenvalue weighted by Gasteiger charge is -2.34. The van der Waals surface area contributed by atoms with Gasteiger partial charge in [0.1, 0.15) is 23.7 Å². The second kappa shape index (κ2) is 10.9. The fraction of sp³-hybridized carbons (Fsp3) is 0.542. The number of fused-ring (bicyclic) bond motifs is 1. The highest BCUT2D eigenvalue weighted by molar-refractivity contribution is 6.02. The van der Waals surface area contributed by atoms with E-state index in [-0.39, 0.29) is 24.0 Å². The molecule has 1 aliphatic rings. The minimum absolute atomic E-state index is 0.116. The first-order valence-electron chi connectivity index (χ1n) is 11.4. The third kappa shape index (κ3) is 5.87. The van der Waals surface area contributed by atoms with Crippen molar-refractivity contribution in [2.24, 2.45) is 5.92 Å². The molecule has 3 amide bonds. The number of nitrogens with zero attached hydrogens (tertiary/aromatic N) is 3. The van der Waals surface area contributed by atoms with E-state index >= 15 is 0 Å². The molecule has 0 radical (unpaired) electrons. The highest BCUT2D eigenvalue weighted by Crippen LogP contribution is 2.27. The van der Waals surface area contributed by atoms with Crippen LogP contribution in [0.15, 0.2) is 22.7 Å². The molecule has 1 aromatic heterocycles. The molecular formula is C24H35N5O5. The third-order valence-corrected chi connectivity index (χ3v) is 6.29. The Bertz CT molecular complexity index is 1000. The lowest BCUT2D eigenvalue weighted by molar-refractivity contribution is 0.0150. The van der Waals surface area contributed by atoms with E-state index < -0.39 is 6.03 Å². The Morgan fingerprint density at radius 3 is 2.56 bits per heavy atom. The number of aromatic nitrogens is 1. The summed E-state index contributed by atoms with van der Waals surface area (Å²) in [4.78, 5) is 29.8. The zero-order valence-corrected chi connectivity index (χ0v) is 21.0. The van der Waals surface area contributed by atoms with E-state index in [1.165, 1.54) is 0 Å². The van der Waals surface area contributed by atoms with Crippen LogP contribution in [0, 0.1) is 19.8 Å². The Kier molecular flexibility index (Phi) is 8.16. The van der Waals surface area contributed by atoms with Gasteiger partial charge in [-0.2, -0.15) is 0 Å². The van der Waals surface area contributed by atoms with Gasteiger partial charge in [-0.1, -0.05) is 12.1 Å². The van der Waals surface area contributed by atoms with Gasteiger partial charge in [-0.25, -0.2) is 4.79 Å². The summed E-state index contributed by atoms with van der Waals surface area (Å²) < 4.78 is 16.9. The summed E-state index contributed by atoms with van der Waals surface area (Å²) >= 11 is 0. The van der Waals surface area contributed by atoms with Gasteiger partial charge in [0.25, 0.3) is 5.91 Å². The number of ether oxygens (including phenoxy) is 2. The number of nitrogens with one attached hydrogen (secondary N) is 2. The number of hydrogen-bond acceptors (Lipinski definition) is 7. The van der Waals surface area contributed by atoms with Crippen LogP contribution in [0.3, 0.4) is 0 Å². The van der Waals surface area contributed by atoms with Gasteiger partial charge in [-0.15, -0.1) is 0 Å². The van der Waals surface area contributed by atoms with Crippen molar-refractivity contribution in [3.05, 3.63) is 35.2 Å². The van der Waals surface area contributed by atoms with Gasteiger partial charge in [0, 0.05) is 39.0 Å². The number of anilines is 2. The summed E-state index contributed by atoms with van der Waals surface area (Å²) in [5.41, 5.74) is 1.93. The summed E-state index contributed by atoms with van der Waals surface area (Å²) in [7, 11) is 5.47. The van der Waals surface area contributed by atoms with Gasteiger partial charge < -0.3 is 29.5 Å². The zero-order valence-electron chi connectivity index (χ0n) is 21.0. The van der Waals surface area contributed by atoms with E-state index in [0.29, 0.717) is 47.3 Å². The molecule has 0 bridgehead atoms. The van der Waals surface area contributed by atoms with Crippen molar-refractivity contribution >= 4 is 23.3 Å². The molecule has 1 aromatic carbocycles. The number of rotatable bonds is 3. The van der Waals surface area contributed by atoms with Crippen LogP contribution in [-0.2, 0) is 4.74 Å². The van der Waals surface area contributed by atoms with Crippen molar-refractivity contribution in [2.45, 2.75) is 39.8 Å². The number of urea groups is 1. The van der Waals surface area contributed by atoms with Gasteiger partial charge in [-0.05, 0) is 51.9 Å². The lowest BCUT2D eigenvalue weighted by atomic mass is 10.0. The van der Waals surface area contributed by atoms with Crippen molar-refractivity contribution in [1.29, 1.82) is 0 Å². The van der Waals surface area contributed by atoms with Crippen LogP contribution in [-0.4, -0.2) is 79.9 Å². The summed E-state index contributed by atoms with van der Waals surface area (Å²) in [5, 5.41) is 9.34. The predicted octanol–water partition coefficient (Wildman–Crippen LogP) is 3.37. The monoisotopic (exact) mass is 473 g/mol. The second-order valence-electron chi connectivity index (χ2n) is 9.03. The van der Waals surface area contributed by atoms with Crippen molar-refractivity contribution in [1.82, 2.24) is 15.0 Å². The SMILES string of the molecule is CO[C@@H]1CN(C)C(=O)c2cc(NC(=O)Nc3c(C)noc3C)ccc2OC[C@H](C)N(C)C[C@H]1C. The molecule has 2 N–H and O–H groups in total. The number of likely N-dealkylation sites (N-methyl/N-ethyl adjacent to an activating group) is 2. The molecule has 10 heteroatoms. The number of hydrogen-bond donors (Lipinski definition) is 2. The first-order chi connectivity index (χ1) is 16.1.